The van der Waals surface area contributed by atoms with Gasteiger partial charge in [0.2, 0.25) is 5.91 Å². The average molecular weight is 239 g/mol. The maximum atomic E-state index is 11.1. The molecule has 5 heteroatoms. The van der Waals surface area contributed by atoms with Gasteiger partial charge in [0.25, 0.3) is 0 Å². The van der Waals surface area contributed by atoms with Crippen LogP contribution in [0.2, 0.25) is 0 Å². The van der Waals surface area contributed by atoms with E-state index in [-0.39, 0.29) is 11.2 Å². The van der Waals surface area contributed by atoms with Gasteiger partial charge >= 0.3 is 0 Å². The van der Waals surface area contributed by atoms with Crippen molar-refractivity contribution in [3.8, 4) is 0 Å². The minimum atomic E-state index is -0.151. The Morgan fingerprint density at radius 2 is 2.25 bits per heavy atom. The van der Waals surface area contributed by atoms with Gasteiger partial charge in [-0.25, -0.2) is 5.84 Å². The van der Waals surface area contributed by atoms with Crippen molar-refractivity contribution in [3.05, 3.63) is 23.8 Å². The molecule has 1 atom stereocenters. The van der Waals surface area contributed by atoms with E-state index in [4.69, 9.17) is 11.6 Å². The van der Waals surface area contributed by atoms with Gasteiger partial charge in [-0.3, -0.25) is 10.2 Å². The summed E-state index contributed by atoms with van der Waals surface area (Å²) in [6.45, 7) is 3.97. The highest BCUT2D eigenvalue weighted by Crippen LogP contribution is 2.30. The van der Waals surface area contributed by atoms with Crippen molar-refractivity contribution in [3.63, 3.8) is 0 Å². The summed E-state index contributed by atoms with van der Waals surface area (Å²) in [5, 5.41) is 0.170. The van der Waals surface area contributed by atoms with Gasteiger partial charge in [0.1, 0.15) is 0 Å². The number of amides is 1. The lowest BCUT2D eigenvalue weighted by molar-refractivity contribution is -0.121. The number of nitrogen functional groups attached to an aromatic ring is 1. The Morgan fingerprint density at radius 1 is 1.56 bits per heavy atom. The fourth-order valence-corrected chi connectivity index (χ4v) is 2.46. The summed E-state index contributed by atoms with van der Waals surface area (Å²) in [5.41, 5.74) is 9.78. The van der Waals surface area contributed by atoms with Crippen LogP contribution in [0.4, 0.5) is 5.69 Å². The quantitative estimate of drug-likeness (QED) is 0.244. The molecule has 0 saturated heterocycles. The minimum absolute atomic E-state index is 0.151. The Labute approximate surface area is 99.7 Å². The molecule has 5 N–H and O–H groups in total. The first-order chi connectivity index (χ1) is 7.54. The molecule has 0 aliphatic rings. The number of nitrogens with two attached hydrogens (primary N) is 2. The molecular weight excluding hydrogens is 222 g/mol. The molecule has 1 amide bonds. The van der Waals surface area contributed by atoms with Gasteiger partial charge in [-0.2, -0.15) is 0 Å². The minimum Gasteiger partial charge on any atom is -0.398 e. The van der Waals surface area contributed by atoms with E-state index in [1.54, 1.807) is 11.8 Å². The number of thioether (sulfide) groups is 1. The van der Waals surface area contributed by atoms with Gasteiger partial charge in [0, 0.05) is 22.3 Å². The number of nitrogens with one attached hydrogen (secondary N) is 1. The second kappa shape index (κ2) is 5.77. The number of carbonyl (C=O) groups excluding carboxylic acids is 1. The predicted octanol–water partition coefficient (Wildman–Crippen LogP) is 1.44. The molecule has 0 aliphatic heterocycles. The second-order valence-electron chi connectivity index (χ2n) is 3.67. The van der Waals surface area contributed by atoms with Crippen molar-refractivity contribution in [1.29, 1.82) is 0 Å². The number of rotatable bonds is 4. The molecule has 1 aromatic carbocycles. The van der Waals surface area contributed by atoms with Crippen molar-refractivity contribution in [2.75, 3.05) is 5.73 Å². The molecule has 0 aromatic heterocycles. The SMILES string of the molecule is Cc1c(N)cccc1SC(C)CC(=O)NN. The fourth-order valence-electron chi connectivity index (χ4n) is 1.34. The van der Waals surface area contributed by atoms with Crippen LogP contribution in [-0.4, -0.2) is 11.2 Å². The molecule has 1 unspecified atom stereocenters. The summed E-state index contributed by atoms with van der Waals surface area (Å²) in [7, 11) is 0. The molecule has 88 valence electrons. The van der Waals surface area contributed by atoms with Crippen molar-refractivity contribution >= 4 is 23.4 Å². The molecule has 4 nitrogen and oxygen atoms in total. The number of hydrazine groups is 1. The van der Waals surface area contributed by atoms with Crippen LogP contribution in [0, 0.1) is 6.92 Å². The molecule has 0 spiro atoms. The van der Waals surface area contributed by atoms with Gasteiger partial charge in [0.15, 0.2) is 0 Å². The van der Waals surface area contributed by atoms with Crippen molar-refractivity contribution in [1.82, 2.24) is 5.43 Å². The standard InChI is InChI=1S/C11H17N3OS/c1-7(6-11(15)14-13)16-10-5-3-4-9(12)8(10)2/h3-5,7H,6,12-13H2,1-2H3,(H,14,15). The van der Waals surface area contributed by atoms with Crippen LogP contribution in [0.5, 0.6) is 0 Å². The Balaban J connectivity index is 2.66. The van der Waals surface area contributed by atoms with E-state index in [0.29, 0.717) is 6.42 Å². The first-order valence-corrected chi connectivity index (χ1v) is 5.93. The number of anilines is 1. The zero-order chi connectivity index (χ0) is 12.1. The van der Waals surface area contributed by atoms with E-state index in [1.165, 1.54) is 0 Å². The maximum Gasteiger partial charge on any atom is 0.234 e. The van der Waals surface area contributed by atoms with Crippen LogP contribution in [-0.2, 0) is 4.79 Å². The molecular formula is C11H17N3OS. The molecule has 0 heterocycles. The summed E-state index contributed by atoms with van der Waals surface area (Å²) >= 11 is 1.63. The largest absolute Gasteiger partial charge is 0.398 e. The lowest BCUT2D eigenvalue weighted by atomic mass is 10.2. The third kappa shape index (κ3) is 3.43. The van der Waals surface area contributed by atoms with E-state index in [0.717, 1.165) is 16.1 Å². The Morgan fingerprint density at radius 3 is 2.88 bits per heavy atom. The smallest absolute Gasteiger partial charge is 0.234 e. The number of hydrogen-bond donors (Lipinski definition) is 3. The molecule has 1 aromatic rings. The second-order valence-corrected chi connectivity index (χ2v) is 5.15. The first-order valence-electron chi connectivity index (χ1n) is 5.05. The monoisotopic (exact) mass is 239 g/mol. The fraction of sp³-hybridized carbons (Fsp3) is 0.364. The Kier molecular flexibility index (Phi) is 4.64. The van der Waals surface area contributed by atoms with E-state index in [1.807, 2.05) is 32.0 Å². The van der Waals surface area contributed by atoms with Gasteiger partial charge in [0.05, 0.1) is 0 Å². The third-order valence-electron chi connectivity index (χ3n) is 2.29. The number of benzene rings is 1. The topological polar surface area (TPSA) is 81.1 Å². The highest BCUT2D eigenvalue weighted by Gasteiger charge is 2.11. The van der Waals surface area contributed by atoms with E-state index in [9.17, 15) is 4.79 Å². The molecule has 0 aliphatic carbocycles. The number of hydrogen-bond acceptors (Lipinski definition) is 4. The summed E-state index contributed by atoms with van der Waals surface area (Å²) in [6, 6.07) is 5.80. The van der Waals surface area contributed by atoms with Crippen molar-refractivity contribution in [2.45, 2.75) is 30.4 Å². The zero-order valence-electron chi connectivity index (χ0n) is 9.49. The lowest BCUT2D eigenvalue weighted by Crippen LogP contribution is -2.31. The van der Waals surface area contributed by atoms with Crippen LogP contribution < -0.4 is 17.0 Å². The summed E-state index contributed by atoms with van der Waals surface area (Å²) in [5.74, 6) is 4.89. The highest BCUT2D eigenvalue weighted by molar-refractivity contribution is 8.00. The highest BCUT2D eigenvalue weighted by atomic mass is 32.2. The lowest BCUT2D eigenvalue weighted by Gasteiger charge is -2.13. The van der Waals surface area contributed by atoms with Crippen LogP contribution in [0.3, 0.4) is 0 Å². The molecule has 0 radical (unpaired) electrons. The Bertz CT molecular complexity index is 381. The molecule has 0 saturated carbocycles. The van der Waals surface area contributed by atoms with Crippen LogP contribution >= 0.6 is 11.8 Å². The molecule has 16 heavy (non-hydrogen) atoms. The predicted molar refractivity (Wildman–Crippen MR) is 67.9 cm³/mol. The summed E-state index contributed by atoms with van der Waals surface area (Å²) in [4.78, 5) is 12.2. The zero-order valence-corrected chi connectivity index (χ0v) is 10.3. The van der Waals surface area contributed by atoms with E-state index >= 15 is 0 Å². The summed E-state index contributed by atoms with van der Waals surface area (Å²) < 4.78 is 0. The van der Waals surface area contributed by atoms with Gasteiger partial charge in [-0.1, -0.05) is 13.0 Å². The van der Waals surface area contributed by atoms with Crippen LogP contribution in [0.15, 0.2) is 23.1 Å². The molecule has 0 bridgehead atoms. The maximum absolute atomic E-state index is 11.1. The van der Waals surface area contributed by atoms with Crippen LogP contribution in [0.1, 0.15) is 18.9 Å². The average Bonchev–Trinajstić information content (AvgIpc) is 2.24. The van der Waals surface area contributed by atoms with Crippen molar-refractivity contribution in [2.24, 2.45) is 5.84 Å². The molecule has 1 rings (SSSR count). The normalized spacial score (nSPS) is 12.2. The molecule has 0 fully saturated rings. The van der Waals surface area contributed by atoms with E-state index < -0.39 is 0 Å². The third-order valence-corrected chi connectivity index (χ3v) is 3.55. The van der Waals surface area contributed by atoms with Gasteiger partial charge in [-0.05, 0) is 24.6 Å². The van der Waals surface area contributed by atoms with Gasteiger partial charge in [-0.15, -0.1) is 11.8 Å². The number of carbonyl (C=O) groups is 1. The summed E-state index contributed by atoms with van der Waals surface area (Å²) in [6.07, 6.45) is 0.398. The van der Waals surface area contributed by atoms with Gasteiger partial charge < -0.3 is 5.73 Å². The van der Waals surface area contributed by atoms with Crippen molar-refractivity contribution < 1.29 is 4.79 Å². The van der Waals surface area contributed by atoms with E-state index in [2.05, 4.69) is 5.43 Å². The first kappa shape index (κ1) is 12.9. The Hall–Kier alpha value is -1.20. The van der Waals surface area contributed by atoms with Crippen LogP contribution in [0.25, 0.3) is 0 Å².